The Morgan fingerprint density at radius 3 is 2.44 bits per heavy atom. The highest BCUT2D eigenvalue weighted by Gasteiger charge is 2.42. The summed E-state index contributed by atoms with van der Waals surface area (Å²) < 4.78 is 18.9. The standard InChI is InChI=1S/C25H25FN2O4/c26-20-9-7-19(8-10-20)23-22(21(29)11-6-18-4-2-1-3-5-18)24(30)25(31)28(23)13-12-27-14-16-32-17-15-27/h1-11,23,30H,12-17H2/b11-6+/t23-/m1/s1. The lowest BCUT2D eigenvalue weighted by Gasteiger charge is -2.31. The molecule has 0 aromatic heterocycles. The number of halogens is 1. The zero-order valence-corrected chi connectivity index (χ0v) is 17.6. The Morgan fingerprint density at radius 1 is 1.06 bits per heavy atom. The van der Waals surface area contributed by atoms with Gasteiger partial charge in [0.1, 0.15) is 5.82 Å². The third-order valence-electron chi connectivity index (χ3n) is 5.74. The van der Waals surface area contributed by atoms with Crippen LogP contribution < -0.4 is 0 Å². The van der Waals surface area contributed by atoms with E-state index in [-0.39, 0.29) is 5.57 Å². The molecule has 1 N–H and O–H groups in total. The summed E-state index contributed by atoms with van der Waals surface area (Å²) in [6.45, 7) is 3.69. The fourth-order valence-electron chi connectivity index (χ4n) is 4.03. The van der Waals surface area contributed by atoms with E-state index in [0.717, 1.165) is 18.7 Å². The van der Waals surface area contributed by atoms with Gasteiger partial charge in [-0.2, -0.15) is 0 Å². The summed E-state index contributed by atoms with van der Waals surface area (Å²) >= 11 is 0. The summed E-state index contributed by atoms with van der Waals surface area (Å²) in [6, 6.07) is 14.2. The smallest absolute Gasteiger partial charge is 0.290 e. The highest BCUT2D eigenvalue weighted by atomic mass is 19.1. The van der Waals surface area contributed by atoms with Gasteiger partial charge in [-0.25, -0.2) is 4.39 Å². The molecular formula is C25H25FN2O4. The number of hydrogen-bond acceptors (Lipinski definition) is 5. The van der Waals surface area contributed by atoms with E-state index < -0.39 is 29.3 Å². The van der Waals surface area contributed by atoms with Crippen LogP contribution >= 0.6 is 0 Å². The third-order valence-corrected chi connectivity index (χ3v) is 5.74. The van der Waals surface area contributed by atoms with Gasteiger partial charge in [-0.1, -0.05) is 48.5 Å². The molecule has 166 valence electrons. The first kappa shape index (κ1) is 21.9. The first-order chi connectivity index (χ1) is 15.5. The number of morpholine rings is 1. The Bertz CT molecular complexity index is 1030. The van der Waals surface area contributed by atoms with E-state index in [2.05, 4.69) is 4.90 Å². The van der Waals surface area contributed by atoms with Crippen LogP contribution in [0.2, 0.25) is 0 Å². The number of aliphatic hydroxyl groups excluding tert-OH is 1. The molecule has 2 aromatic carbocycles. The van der Waals surface area contributed by atoms with Crippen LogP contribution in [0.4, 0.5) is 4.39 Å². The van der Waals surface area contributed by atoms with Crippen LogP contribution in [0.5, 0.6) is 0 Å². The number of aliphatic hydroxyl groups is 1. The van der Waals surface area contributed by atoms with E-state index in [1.54, 1.807) is 18.2 Å². The number of hydrogen-bond donors (Lipinski definition) is 1. The highest BCUT2D eigenvalue weighted by Crippen LogP contribution is 2.38. The molecule has 2 heterocycles. The summed E-state index contributed by atoms with van der Waals surface area (Å²) in [7, 11) is 0. The molecule has 0 radical (unpaired) electrons. The molecule has 4 rings (SSSR count). The van der Waals surface area contributed by atoms with Gasteiger partial charge < -0.3 is 14.7 Å². The Morgan fingerprint density at radius 2 is 1.75 bits per heavy atom. The first-order valence-electron chi connectivity index (χ1n) is 10.6. The Balaban J connectivity index is 1.61. The van der Waals surface area contributed by atoms with Gasteiger partial charge in [0.15, 0.2) is 11.5 Å². The fourth-order valence-corrected chi connectivity index (χ4v) is 4.03. The number of benzene rings is 2. The molecule has 0 aliphatic carbocycles. The summed E-state index contributed by atoms with van der Waals surface area (Å²) in [5.74, 6) is -2.01. The predicted octanol–water partition coefficient (Wildman–Crippen LogP) is 3.14. The summed E-state index contributed by atoms with van der Waals surface area (Å²) in [4.78, 5) is 29.7. The van der Waals surface area contributed by atoms with Gasteiger partial charge in [0.05, 0.1) is 24.8 Å². The molecule has 2 aliphatic rings. The lowest BCUT2D eigenvalue weighted by atomic mass is 9.95. The van der Waals surface area contributed by atoms with Gasteiger partial charge >= 0.3 is 0 Å². The van der Waals surface area contributed by atoms with Gasteiger partial charge in [-0.15, -0.1) is 0 Å². The van der Waals surface area contributed by atoms with Crippen LogP contribution in [0.15, 0.2) is 72.0 Å². The van der Waals surface area contributed by atoms with Crippen molar-refractivity contribution in [3.05, 3.63) is 88.9 Å². The molecule has 1 saturated heterocycles. The average molecular weight is 436 g/mol. The number of rotatable bonds is 7. The third kappa shape index (κ3) is 4.79. The molecule has 7 heteroatoms. The lowest BCUT2D eigenvalue weighted by molar-refractivity contribution is -0.129. The van der Waals surface area contributed by atoms with Crippen molar-refractivity contribution in [2.75, 3.05) is 39.4 Å². The number of nitrogens with zero attached hydrogens (tertiary/aromatic N) is 2. The fraction of sp³-hybridized carbons (Fsp3) is 0.280. The van der Waals surface area contributed by atoms with Gasteiger partial charge in [0.25, 0.3) is 5.91 Å². The zero-order valence-electron chi connectivity index (χ0n) is 17.6. The monoisotopic (exact) mass is 436 g/mol. The molecule has 0 unspecified atom stereocenters. The first-order valence-corrected chi connectivity index (χ1v) is 10.6. The van der Waals surface area contributed by atoms with Crippen molar-refractivity contribution in [2.45, 2.75) is 6.04 Å². The van der Waals surface area contributed by atoms with Crippen molar-refractivity contribution in [3.63, 3.8) is 0 Å². The SMILES string of the molecule is O=C(/C=C/c1ccccc1)C1=C(O)C(=O)N(CCN2CCOCC2)[C@@H]1c1ccc(F)cc1. The predicted molar refractivity (Wildman–Crippen MR) is 118 cm³/mol. The van der Waals surface area contributed by atoms with E-state index >= 15 is 0 Å². The summed E-state index contributed by atoms with van der Waals surface area (Å²) in [5.41, 5.74) is 1.41. The molecule has 2 aromatic rings. The van der Waals surface area contributed by atoms with Crippen LogP contribution in [0.1, 0.15) is 17.2 Å². The summed E-state index contributed by atoms with van der Waals surface area (Å²) in [5, 5.41) is 10.6. The molecule has 1 atom stereocenters. The van der Waals surface area contributed by atoms with Crippen LogP contribution in [0.25, 0.3) is 6.08 Å². The van der Waals surface area contributed by atoms with E-state index in [0.29, 0.717) is 31.9 Å². The minimum atomic E-state index is -0.780. The van der Waals surface area contributed by atoms with Crippen LogP contribution in [-0.2, 0) is 14.3 Å². The number of ketones is 1. The van der Waals surface area contributed by atoms with E-state index in [1.807, 2.05) is 30.3 Å². The van der Waals surface area contributed by atoms with E-state index in [4.69, 9.17) is 4.74 Å². The number of allylic oxidation sites excluding steroid dienone is 1. The topological polar surface area (TPSA) is 70.1 Å². The van der Waals surface area contributed by atoms with E-state index in [1.165, 1.54) is 23.1 Å². The number of carbonyl (C=O) groups excluding carboxylic acids is 2. The maximum Gasteiger partial charge on any atom is 0.290 e. The second kappa shape index (κ2) is 9.89. The van der Waals surface area contributed by atoms with Gasteiger partial charge in [-0.05, 0) is 29.3 Å². The van der Waals surface area contributed by atoms with Crippen LogP contribution in [0, 0.1) is 5.82 Å². The number of ether oxygens (including phenoxy) is 1. The maximum absolute atomic E-state index is 13.5. The maximum atomic E-state index is 13.5. The molecule has 0 saturated carbocycles. The zero-order chi connectivity index (χ0) is 22.5. The summed E-state index contributed by atoms with van der Waals surface area (Å²) in [6.07, 6.45) is 3.00. The molecule has 1 amide bonds. The number of amides is 1. The largest absolute Gasteiger partial charge is 0.503 e. The second-order valence-electron chi connectivity index (χ2n) is 7.78. The number of carbonyl (C=O) groups is 2. The van der Waals surface area contributed by atoms with Gasteiger partial charge in [0.2, 0.25) is 0 Å². The molecule has 0 spiro atoms. The van der Waals surface area contributed by atoms with Crippen molar-refractivity contribution in [1.82, 2.24) is 9.80 Å². The minimum Gasteiger partial charge on any atom is -0.503 e. The van der Waals surface area contributed by atoms with Crippen LogP contribution in [-0.4, -0.2) is 66.0 Å². The second-order valence-corrected chi connectivity index (χ2v) is 7.78. The molecule has 32 heavy (non-hydrogen) atoms. The molecule has 2 aliphatic heterocycles. The molecule has 6 nitrogen and oxygen atoms in total. The minimum absolute atomic E-state index is 0.00997. The van der Waals surface area contributed by atoms with Crippen molar-refractivity contribution in [3.8, 4) is 0 Å². The molecular weight excluding hydrogens is 411 g/mol. The Labute approximate surface area is 186 Å². The molecule has 1 fully saturated rings. The van der Waals surface area contributed by atoms with E-state index in [9.17, 15) is 19.1 Å². The normalized spacial score (nSPS) is 19.8. The van der Waals surface area contributed by atoms with Gasteiger partial charge in [-0.3, -0.25) is 14.5 Å². The van der Waals surface area contributed by atoms with Crippen molar-refractivity contribution in [2.24, 2.45) is 0 Å². The van der Waals surface area contributed by atoms with Gasteiger partial charge in [0, 0.05) is 26.2 Å². The van der Waals surface area contributed by atoms with Crippen molar-refractivity contribution >= 4 is 17.8 Å². The Kier molecular flexibility index (Phi) is 6.78. The van der Waals surface area contributed by atoms with Crippen molar-refractivity contribution < 1.29 is 23.8 Å². The lowest BCUT2D eigenvalue weighted by Crippen LogP contribution is -2.43. The van der Waals surface area contributed by atoms with Crippen LogP contribution in [0.3, 0.4) is 0 Å². The highest BCUT2D eigenvalue weighted by molar-refractivity contribution is 6.14. The molecule has 0 bridgehead atoms. The van der Waals surface area contributed by atoms with Crippen molar-refractivity contribution in [1.29, 1.82) is 0 Å². The average Bonchev–Trinajstić information content (AvgIpc) is 3.08. The quantitative estimate of drug-likeness (QED) is 0.676. The Hall–Kier alpha value is -3.29.